The molecule has 0 atom stereocenters. The summed E-state index contributed by atoms with van der Waals surface area (Å²) in [7, 11) is 0. The predicted molar refractivity (Wildman–Crippen MR) is 82.3 cm³/mol. The molecule has 1 aromatic heterocycles. The fourth-order valence-electron chi connectivity index (χ4n) is 2.27. The molecule has 0 saturated heterocycles. The molecule has 0 bridgehead atoms. The molecule has 5 nitrogen and oxygen atoms in total. The lowest BCUT2D eigenvalue weighted by molar-refractivity contribution is 0.102. The van der Waals surface area contributed by atoms with Gasteiger partial charge in [-0.1, -0.05) is 17.3 Å². The van der Waals surface area contributed by atoms with Crippen LogP contribution < -0.4 is 5.32 Å². The van der Waals surface area contributed by atoms with E-state index in [1.54, 1.807) is 16.8 Å². The van der Waals surface area contributed by atoms with E-state index in [0.717, 1.165) is 28.8 Å². The molecular formula is C16H16N4O. The van der Waals surface area contributed by atoms with Crippen LogP contribution in [0.15, 0.2) is 42.5 Å². The van der Waals surface area contributed by atoms with Crippen LogP contribution in [-0.2, 0) is 6.54 Å². The van der Waals surface area contributed by atoms with E-state index in [-0.39, 0.29) is 5.91 Å². The zero-order chi connectivity index (χ0) is 14.8. The predicted octanol–water partition coefficient (Wildman–Crippen LogP) is 3.01. The molecule has 5 heteroatoms. The van der Waals surface area contributed by atoms with E-state index < -0.39 is 0 Å². The number of carbonyl (C=O) groups excluding carboxylic acids is 1. The van der Waals surface area contributed by atoms with Crippen molar-refractivity contribution in [2.45, 2.75) is 20.4 Å². The molecule has 0 radical (unpaired) electrons. The molecule has 1 heterocycles. The molecule has 3 aromatic rings. The van der Waals surface area contributed by atoms with Crippen LogP contribution >= 0.6 is 0 Å². The van der Waals surface area contributed by atoms with Crippen molar-refractivity contribution in [1.82, 2.24) is 15.0 Å². The van der Waals surface area contributed by atoms with Crippen LogP contribution in [0.3, 0.4) is 0 Å². The van der Waals surface area contributed by atoms with E-state index in [1.165, 1.54) is 0 Å². The van der Waals surface area contributed by atoms with Gasteiger partial charge in [-0.2, -0.15) is 0 Å². The van der Waals surface area contributed by atoms with Crippen LogP contribution in [0.4, 0.5) is 5.69 Å². The first-order chi connectivity index (χ1) is 10.2. The van der Waals surface area contributed by atoms with Crippen molar-refractivity contribution < 1.29 is 4.79 Å². The van der Waals surface area contributed by atoms with E-state index in [9.17, 15) is 4.79 Å². The highest BCUT2D eigenvalue weighted by atomic mass is 16.1. The van der Waals surface area contributed by atoms with Crippen molar-refractivity contribution in [3.63, 3.8) is 0 Å². The number of rotatable bonds is 3. The second-order valence-electron chi connectivity index (χ2n) is 4.93. The molecule has 2 aromatic carbocycles. The van der Waals surface area contributed by atoms with Crippen molar-refractivity contribution in [3.8, 4) is 0 Å². The van der Waals surface area contributed by atoms with Crippen molar-refractivity contribution in [2.75, 3.05) is 5.32 Å². The van der Waals surface area contributed by atoms with Gasteiger partial charge in [0.25, 0.3) is 5.91 Å². The number of nitrogens with zero attached hydrogens (tertiary/aromatic N) is 3. The van der Waals surface area contributed by atoms with Gasteiger partial charge in [0, 0.05) is 17.8 Å². The van der Waals surface area contributed by atoms with Gasteiger partial charge in [-0.05, 0) is 49.7 Å². The summed E-state index contributed by atoms with van der Waals surface area (Å²) in [5.74, 6) is -0.145. The number of amides is 1. The topological polar surface area (TPSA) is 59.8 Å². The normalized spacial score (nSPS) is 10.8. The third-order valence-corrected chi connectivity index (χ3v) is 3.35. The highest BCUT2D eigenvalue weighted by Crippen LogP contribution is 2.16. The molecule has 0 aliphatic carbocycles. The molecule has 3 rings (SSSR count). The van der Waals surface area contributed by atoms with E-state index >= 15 is 0 Å². The molecule has 106 valence electrons. The lowest BCUT2D eigenvalue weighted by atomic mass is 10.1. The summed E-state index contributed by atoms with van der Waals surface area (Å²) in [4.78, 5) is 12.3. The van der Waals surface area contributed by atoms with Gasteiger partial charge in [-0.15, -0.1) is 5.10 Å². The fourth-order valence-corrected chi connectivity index (χ4v) is 2.27. The van der Waals surface area contributed by atoms with Gasteiger partial charge in [0.15, 0.2) is 0 Å². The van der Waals surface area contributed by atoms with Crippen molar-refractivity contribution in [1.29, 1.82) is 0 Å². The van der Waals surface area contributed by atoms with Gasteiger partial charge < -0.3 is 5.32 Å². The first-order valence-corrected chi connectivity index (χ1v) is 6.88. The summed E-state index contributed by atoms with van der Waals surface area (Å²) in [5, 5.41) is 11.0. The SMILES string of the molecule is CCn1nnc2cc(C(=O)Nc3cccc(C)c3)ccc21. The third-order valence-electron chi connectivity index (χ3n) is 3.35. The standard InChI is InChI=1S/C16H16N4O/c1-3-20-15-8-7-12(10-14(15)18-19-20)16(21)17-13-6-4-5-11(2)9-13/h4-10H,3H2,1-2H3,(H,17,21). The lowest BCUT2D eigenvalue weighted by Crippen LogP contribution is -2.11. The van der Waals surface area contributed by atoms with Gasteiger partial charge >= 0.3 is 0 Å². The Bertz CT molecular complexity index is 807. The Labute approximate surface area is 122 Å². The van der Waals surface area contributed by atoms with Crippen molar-refractivity contribution in [2.24, 2.45) is 0 Å². The Kier molecular flexibility index (Phi) is 3.39. The Morgan fingerprint density at radius 2 is 2.10 bits per heavy atom. The van der Waals surface area contributed by atoms with Gasteiger partial charge in [0.05, 0.1) is 5.52 Å². The second kappa shape index (κ2) is 5.36. The van der Waals surface area contributed by atoms with Crippen LogP contribution in [0.5, 0.6) is 0 Å². The Hall–Kier alpha value is -2.69. The molecular weight excluding hydrogens is 264 g/mol. The summed E-state index contributed by atoms with van der Waals surface area (Å²) in [6, 6.07) is 13.2. The quantitative estimate of drug-likeness (QED) is 0.802. The molecule has 0 aliphatic heterocycles. The maximum atomic E-state index is 12.3. The average Bonchev–Trinajstić information content (AvgIpc) is 2.89. The monoisotopic (exact) mass is 280 g/mol. The molecule has 0 aliphatic rings. The largest absolute Gasteiger partial charge is 0.322 e. The molecule has 1 amide bonds. The highest BCUT2D eigenvalue weighted by Gasteiger charge is 2.10. The average molecular weight is 280 g/mol. The summed E-state index contributed by atoms with van der Waals surface area (Å²) >= 11 is 0. The molecule has 0 saturated carbocycles. The van der Waals surface area contributed by atoms with Crippen LogP contribution in [0, 0.1) is 6.92 Å². The van der Waals surface area contributed by atoms with E-state index in [0.29, 0.717) is 5.56 Å². The number of nitrogens with one attached hydrogen (secondary N) is 1. The number of carbonyl (C=O) groups is 1. The minimum Gasteiger partial charge on any atom is -0.322 e. The van der Waals surface area contributed by atoms with Gasteiger partial charge in [0.2, 0.25) is 0 Å². The van der Waals surface area contributed by atoms with E-state index in [4.69, 9.17) is 0 Å². The molecule has 1 N–H and O–H groups in total. The number of aromatic nitrogens is 3. The summed E-state index contributed by atoms with van der Waals surface area (Å²) < 4.78 is 1.80. The van der Waals surface area contributed by atoms with Crippen LogP contribution in [-0.4, -0.2) is 20.9 Å². The second-order valence-corrected chi connectivity index (χ2v) is 4.93. The zero-order valence-electron chi connectivity index (χ0n) is 12.0. The molecule has 0 spiro atoms. The van der Waals surface area contributed by atoms with Crippen molar-refractivity contribution in [3.05, 3.63) is 53.6 Å². The first-order valence-electron chi connectivity index (χ1n) is 6.88. The lowest BCUT2D eigenvalue weighted by Gasteiger charge is -2.06. The van der Waals surface area contributed by atoms with Crippen molar-refractivity contribution >= 4 is 22.6 Å². The smallest absolute Gasteiger partial charge is 0.255 e. The van der Waals surface area contributed by atoms with Crippen LogP contribution in [0.2, 0.25) is 0 Å². The first kappa shape index (κ1) is 13.3. The third kappa shape index (κ3) is 2.63. The van der Waals surface area contributed by atoms with Crippen LogP contribution in [0.1, 0.15) is 22.8 Å². The minimum absolute atomic E-state index is 0.145. The summed E-state index contributed by atoms with van der Waals surface area (Å²) in [6.07, 6.45) is 0. The molecule has 0 fully saturated rings. The van der Waals surface area contributed by atoms with E-state index in [2.05, 4.69) is 15.6 Å². The van der Waals surface area contributed by atoms with E-state index in [1.807, 2.05) is 44.2 Å². The molecule has 0 unspecified atom stereocenters. The Balaban J connectivity index is 1.87. The Morgan fingerprint density at radius 3 is 2.86 bits per heavy atom. The number of hydrogen-bond donors (Lipinski definition) is 1. The number of fused-ring (bicyclic) bond motifs is 1. The summed E-state index contributed by atoms with van der Waals surface area (Å²) in [5.41, 5.74) is 4.14. The fraction of sp³-hybridized carbons (Fsp3) is 0.188. The zero-order valence-corrected chi connectivity index (χ0v) is 12.0. The minimum atomic E-state index is -0.145. The number of aryl methyl sites for hydroxylation is 2. The maximum Gasteiger partial charge on any atom is 0.255 e. The number of benzene rings is 2. The number of hydrogen-bond acceptors (Lipinski definition) is 3. The molecule has 21 heavy (non-hydrogen) atoms. The number of anilines is 1. The maximum absolute atomic E-state index is 12.3. The van der Waals surface area contributed by atoms with Gasteiger partial charge in [-0.25, -0.2) is 4.68 Å². The van der Waals surface area contributed by atoms with Gasteiger partial charge in [0.1, 0.15) is 5.52 Å². The Morgan fingerprint density at radius 1 is 1.24 bits per heavy atom. The van der Waals surface area contributed by atoms with Crippen LogP contribution in [0.25, 0.3) is 11.0 Å². The highest BCUT2D eigenvalue weighted by molar-refractivity contribution is 6.05. The van der Waals surface area contributed by atoms with Gasteiger partial charge in [-0.3, -0.25) is 4.79 Å². The summed E-state index contributed by atoms with van der Waals surface area (Å²) in [6.45, 7) is 4.75.